The monoisotopic (exact) mass is 515 g/mol. The standard InChI is InChI=1S/C18H31Cl2N5.HI/c1-21-18(23-14-15-13-16(19)17(20)24(15)2)22-9-5-3-6-10-25-11-7-4-8-12-25;/h13H,3-12,14H2,1-2H3,(H2,21,22,23);1H. The van der Waals surface area contributed by atoms with Crippen LogP contribution in [0.5, 0.6) is 0 Å². The van der Waals surface area contributed by atoms with Crippen LogP contribution in [-0.2, 0) is 13.6 Å². The van der Waals surface area contributed by atoms with Crippen LogP contribution in [0.25, 0.3) is 0 Å². The van der Waals surface area contributed by atoms with Gasteiger partial charge in [-0.15, -0.1) is 24.0 Å². The predicted octanol–water partition coefficient (Wildman–Crippen LogP) is 4.27. The molecule has 8 heteroatoms. The van der Waals surface area contributed by atoms with Crippen LogP contribution in [0.1, 0.15) is 44.2 Å². The largest absolute Gasteiger partial charge is 0.356 e. The number of nitrogens with zero attached hydrogens (tertiary/aromatic N) is 3. The third-order valence-corrected chi connectivity index (χ3v) is 5.61. The van der Waals surface area contributed by atoms with Gasteiger partial charge >= 0.3 is 0 Å². The van der Waals surface area contributed by atoms with Gasteiger partial charge in [0.25, 0.3) is 0 Å². The van der Waals surface area contributed by atoms with E-state index >= 15 is 0 Å². The van der Waals surface area contributed by atoms with Crippen molar-refractivity contribution in [3.05, 3.63) is 21.9 Å². The van der Waals surface area contributed by atoms with Crippen LogP contribution in [0.2, 0.25) is 10.2 Å². The van der Waals surface area contributed by atoms with Crippen LogP contribution in [0, 0.1) is 0 Å². The van der Waals surface area contributed by atoms with Crippen LogP contribution < -0.4 is 10.6 Å². The molecule has 2 rings (SSSR count). The first-order valence-electron chi connectivity index (χ1n) is 9.28. The van der Waals surface area contributed by atoms with Gasteiger partial charge in [0, 0.05) is 26.3 Å². The Labute approximate surface area is 184 Å². The maximum absolute atomic E-state index is 6.09. The maximum Gasteiger partial charge on any atom is 0.191 e. The molecular weight excluding hydrogens is 484 g/mol. The summed E-state index contributed by atoms with van der Waals surface area (Å²) in [5.74, 6) is 0.810. The van der Waals surface area contributed by atoms with Gasteiger partial charge in [-0.25, -0.2) is 0 Å². The van der Waals surface area contributed by atoms with E-state index in [1.165, 1.54) is 51.7 Å². The highest BCUT2D eigenvalue weighted by Crippen LogP contribution is 2.24. The number of aromatic nitrogens is 1. The van der Waals surface area contributed by atoms with Crippen LogP contribution in [0.15, 0.2) is 11.1 Å². The van der Waals surface area contributed by atoms with E-state index in [2.05, 4.69) is 20.5 Å². The number of rotatable bonds is 8. The number of aliphatic imine (C=N–C) groups is 1. The predicted molar refractivity (Wildman–Crippen MR) is 123 cm³/mol. The second-order valence-corrected chi connectivity index (χ2v) is 7.41. The van der Waals surface area contributed by atoms with Crippen molar-refractivity contribution in [2.45, 2.75) is 45.1 Å². The summed E-state index contributed by atoms with van der Waals surface area (Å²) in [7, 11) is 3.69. The number of unbranched alkanes of at least 4 members (excludes halogenated alkanes) is 2. The van der Waals surface area contributed by atoms with Gasteiger partial charge in [-0.05, 0) is 51.4 Å². The van der Waals surface area contributed by atoms with Crippen molar-refractivity contribution in [1.82, 2.24) is 20.1 Å². The summed E-state index contributed by atoms with van der Waals surface area (Å²) in [5.41, 5.74) is 1.03. The Balaban J connectivity index is 0.00000338. The summed E-state index contributed by atoms with van der Waals surface area (Å²) in [6.07, 6.45) is 7.86. The minimum absolute atomic E-state index is 0. The van der Waals surface area contributed by atoms with Crippen molar-refractivity contribution in [1.29, 1.82) is 0 Å². The summed E-state index contributed by atoms with van der Waals surface area (Å²) < 4.78 is 1.88. The Bertz CT molecular complexity index is 556. The van der Waals surface area contributed by atoms with E-state index in [0.29, 0.717) is 16.7 Å². The molecule has 1 aliphatic heterocycles. The van der Waals surface area contributed by atoms with Gasteiger partial charge in [0.15, 0.2) is 5.96 Å². The number of likely N-dealkylation sites (tertiary alicyclic amines) is 1. The van der Waals surface area contributed by atoms with Crippen molar-refractivity contribution >= 4 is 53.1 Å². The number of guanidine groups is 1. The molecule has 0 saturated carbocycles. The van der Waals surface area contributed by atoms with E-state index in [1.54, 1.807) is 7.05 Å². The van der Waals surface area contributed by atoms with Gasteiger partial charge in [0.1, 0.15) is 5.15 Å². The molecule has 0 atom stereocenters. The fraction of sp³-hybridized carbons (Fsp3) is 0.722. The summed E-state index contributed by atoms with van der Waals surface area (Å²) in [6.45, 7) is 5.41. The molecule has 1 aromatic heterocycles. The Hall–Kier alpha value is -0.180. The molecule has 0 bridgehead atoms. The van der Waals surface area contributed by atoms with Crippen molar-refractivity contribution in [2.75, 3.05) is 33.2 Å². The lowest BCUT2D eigenvalue weighted by Gasteiger charge is -2.26. The highest BCUT2D eigenvalue weighted by atomic mass is 127. The molecule has 1 aromatic rings. The maximum atomic E-state index is 6.09. The molecule has 5 nitrogen and oxygen atoms in total. The summed E-state index contributed by atoms with van der Waals surface area (Å²) in [5, 5.41) is 7.82. The number of halogens is 3. The Morgan fingerprint density at radius 1 is 1.12 bits per heavy atom. The van der Waals surface area contributed by atoms with Gasteiger partial charge in [0.05, 0.1) is 11.6 Å². The van der Waals surface area contributed by atoms with E-state index in [1.807, 2.05) is 17.7 Å². The van der Waals surface area contributed by atoms with Crippen molar-refractivity contribution in [2.24, 2.45) is 12.0 Å². The number of hydrogen-bond acceptors (Lipinski definition) is 2. The summed E-state index contributed by atoms with van der Waals surface area (Å²) in [6, 6.07) is 1.88. The highest BCUT2D eigenvalue weighted by Gasteiger charge is 2.10. The van der Waals surface area contributed by atoms with Gasteiger partial charge in [0.2, 0.25) is 0 Å². The van der Waals surface area contributed by atoms with Crippen LogP contribution >= 0.6 is 47.2 Å². The van der Waals surface area contributed by atoms with Crippen LogP contribution in [0.3, 0.4) is 0 Å². The molecule has 1 aliphatic rings. The lowest BCUT2D eigenvalue weighted by Crippen LogP contribution is -2.37. The minimum Gasteiger partial charge on any atom is -0.356 e. The molecule has 1 fully saturated rings. The molecule has 2 heterocycles. The quantitative estimate of drug-likeness (QED) is 0.235. The third-order valence-electron chi connectivity index (χ3n) is 4.77. The van der Waals surface area contributed by atoms with Crippen molar-refractivity contribution in [3.63, 3.8) is 0 Å². The normalized spacial score (nSPS) is 15.6. The number of hydrogen-bond donors (Lipinski definition) is 2. The SMILES string of the molecule is CN=C(NCCCCCN1CCCCC1)NCc1cc(Cl)c(Cl)n1C.I. The topological polar surface area (TPSA) is 44.6 Å². The van der Waals surface area contributed by atoms with E-state index in [-0.39, 0.29) is 24.0 Å². The van der Waals surface area contributed by atoms with E-state index in [9.17, 15) is 0 Å². The fourth-order valence-corrected chi connectivity index (χ4v) is 3.60. The fourth-order valence-electron chi connectivity index (χ4n) is 3.18. The van der Waals surface area contributed by atoms with E-state index in [0.717, 1.165) is 24.6 Å². The van der Waals surface area contributed by atoms with E-state index in [4.69, 9.17) is 23.2 Å². The molecule has 26 heavy (non-hydrogen) atoms. The number of nitrogens with one attached hydrogen (secondary N) is 2. The van der Waals surface area contributed by atoms with E-state index < -0.39 is 0 Å². The molecule has 0 radical (unpaired) electrons. The lowest BCUT2D eigenvalue weighted by molar-refractivity contribution is 0.224. The molecule has 0 spiro atoms. The zero-order valence-corrected chi connectivity index (χ0v) is 19.7. The first kappa shape index (κ1) is 23.9. The molecule has 0 aliphatic carbocycles. The zero-order valence-electron chi connectivity index (χ0n) is 15.9. The number of piperidine rings is 1. The first-order valence-corrected chi connectivity index (χ1v) is 10.0. The average molecular weight is 516 g/mol. The van der Waals surface area contributed by atoms with Gasteiger partial charge < -0.3 is 20.1 Å². The Morgan fingerprint density at radius 3 is 2.46 bits per heavy atom. The van der Waals surface area contributed by atoms with Gasteiger partial charge in [-0.1, -0.05) is 36.0 Å². The second kappa shape index (κ2) is 13.1. The van der Waals surface area contributed by atoms with Crippen molar-refractivity contribution in [3.8, 4) is 0 Å². The Kier molecular flexibility index (Phi) is 12.0. The Morgan fingerprint density at radius 2 is 1.85 bits per heavy atom. The molecule has 150 valence electrons. The smallest absolute Gasteiger partial charge is 0.191 e. The summed E-state index contributed by atoms with van der Waals surface area (Å²) >= 11 is 12.1. The highest BCUT2D eigenvalue weighted by molar-refractivity contribution is 14.0. The van der Waals surface area contributed by atoms with Crippen LogP contribution in [0.4, 0.5) is 0 Å². The molecule has 2 N–H and O–H groups in total. The molecule has 0 unspecified atom stereocenters. The average Bonchev–Trinajstić information content (AvgIpc) is 2.88. The molecular formula is C18H32Cl2IN5. The zero-order chi connectivity index (χ0) is 18.1. The lowest BCUT2D eigenvalue weighted by atomic mass is 10.1. The third kappa shape index (κ3) is 7.82. The second-order valence-electron chi connectivity index (χ2n) is 6.65. The molecule has 0 amide bonds. The minimum atomic E-state index is 0. The molecule has 1 saturated heterocycles. The van der Waals surface area contributed by atoms with Crippen molar-refractivity contribution < 1.29 is 0 Å². The van der Waals surface area contributed by atoms with Crippen LogP contribution in [-0.4, -0.2) is 48.7 Å². The first-order chi connectivity index (χ1) is 12.1. The summed E-state index contributed by atoms with van der Waals surface area (Å²) in [4.78, 5) is 6.87. The van der Waals surface area contributed by atoms with Gasteiger partial charge in [-0.3, -0.25) is 4.99 Å². The van der Waals surface area contributed by atoms with Gasteiger partial charge in [-0.2, -0.15) is 0 Å². The molecule has 0 aromatic carbocycles.